The number of para-hydroxylation sites is 1. The number of nitrogens with two attached hydrogens (primary N) is 1. The van der Waals surface area contributed by atoms with Gasteiger partial charge in [-0.1, -0.05) is 18.2 Å². The summed E-state index contributed by atoms with van der Waals surface area (Å²) in [4.78, 5) is 23.3. The van der Waals surface area contributed by atoms with Gasteiger partial charge in [-0.25, -0.2) is 4.79 Å². The predicted octanol–water partition coefficient (Wildman–Crippen LogP) is 1.08. The van der Waals surface area contributed by atoms with Crippen LogP contribution >= 0.6 is 12.4 Å². The number of anilines is 1. The fourth-order valence-corrected chi connectivity index (χ4v) is 1.38. The maximum Gasteiger partial charge on any atom is 0.319 e. The van der Waals surface area contributed by atoms with Crippen molar-refractivity contribution in [1.29, 1.82) is 0 Å². The summed E-state index contributed by atoms with van der Waals surface area (Å²) in [5, 5.41) is 7.89. The summed E-state index contributed by atoms with van der Waals surface area (Å²) in [6.45, 7) is 3.77. The van der Waals surface area contributed by atoms with Crippen molar-refractivity contribution in [2.75, 3.05) is 11.9 Å². The van der Waals surface area contributed by atoms with E-state index in [2.05, 4.69) is 16.0 Å². The Bertz CT molecular complexity index is 428. The van der Waals surface area contributed by atoms with Crippen LogP contribution in [0.4, 0.5) is 10.5 Å². The first-order valence-electron chi connectivity index (χ1n) is 6.16. The van der Waals surface area contributed by atoms with Crippen LogP contribution in [0.5, 0.6) is 0 Å². The molecule has 0 saturated heterocycles. The van der Waals surface area contributed by atoms with Crippen molar-refractivity contribution in [3.63, 3.8) is 0 Å². The summed E-state index contributed by atoms with van der Waals surface area (Å²) in [5.41, 5.74) is 6.08. The van der Waals surface area contributed by atoms with Crippen LogP contribution in [0.2, 0.25) is 0 Å². The van der Waals surface area contributed by atoms with E-state index in [1.165, 1.54) is 0 Å². The van der Waals surface area contributed by atoms with E-state index < -0.39 is 12.1 Å². The van der Waals surface area contributed by atoms with Crippen LogP contribution in [0.3, 0.4) is 0 Å². The number of benzene rings is 1. The summed E-state index contributed by atoms with van der Waals surface area (Å²) in [6, 6.07) is 7.85. The topological polar surface area (TPSA) is 96.2 Å². The van der Waals surface area contributed by atoms with Crippen molar-refractivity contribution in [3.05, 3.63) is 30.3 Å². The molecule has 3 amide bonds. The Kier molecular flexibility index (Phi) is 8.35. The molecule has 0 aliphatic rings. The molecule has 0 aliphatic heterocycles. The maximum atomic E-state index is 11.7. The van der Waals surface area contributed by atoms with Gasteiger partial charge in [0.25, 0.3) is 0 Å². The van der Waals surface area contributed by atoms with Crippen molar-refractivity contribution in [1.82, 2.24) is 10.6 Å². The van der Waals surface area contributed by atoms with Gasteiger partial charge in [0.15, 0.2) is 0 Å². The quantitative estimate of drug-likeness (QED) is 0.655. The Labute approximate surface area is 124 Å². The van der Waals surface area contributed by atoms with Gasteiger partial charge >= 0.3 is 6.03 Å². The molecule has 2 atom stereocenters. The minimum absolute atomic E-state index is 0. The first-order chi connectivity index (χ1) is 9.02. The number of amides is 3. The summed E-state index contributed by atoms with van der Waals surface area (Å²) in [6.07, 6.45) is 0. The number of halogens is 1. The highest BCUT2D eigenvalue weighted by atomic mass is 35.5. The lowest BCUT2D eigenvalue weighted by Crippen LogP contribution is -2.49. The average Bonchev–Trinajstić information content (AvgIpc) is 2.39. The van der Waals surface area contributed by atoms with Gasteiger partial charge in [0.1, 0.15) is 6.04 Å². The molecule has 0 saturated carbocycles. The average molecular weight is 301 g/mol. The van der Waals surface area contributed by atoms with Gasteiger partial charge in [-0.2, -0.15) is 0 Å². The number of urea groups is 1. The van der Waals surface area contributed by atoms with E-state index >= 15 is 0 Å². The minimum atomic E-state index is -0.627. The zero-order chi connectivity index (χ0) is 14.3. The van der Waals surface area contributed by atoms with Crippen LogP contribution in [-0.2, 0) is 4.79 Å². The second-order valence-electron chi connectivity index (χ2n) is 4.33. The fourth-order valence-electron chi connectivity index (χ4n) is 1.38. The van der Waals surface area contributed by atoms with E-state index in [1.807, 2.05) is 18.2 Å². The first-order valence-corrected chi connectivity index (χ1v) is 6.16. The van der Waals surface area contributed by atoms with E-state index in [0.29, 0.717) is 12.2 Å². The molecule has 5 N–H and O–H groups in total. The number of nitrogens with one attached hydrogen (secondary N) is 3. The Hall–Kier alpha value is -1.79. The van der Waals surface area contributed by atoms with Crippen LogP contribution in [0.25, 0.3) is 0 Å². The van der Waals surface area contributed by atoms with Crippen LogP contribution in [0.15, 0.2) is 30.3 Å². The largest absolute Gasteiger partial charge is 0.351 e. The van der Waals surface area contributed by atoms with Crippen LogP contribution in [0, 0.1) is 0 Å². The predicted molar refractivity (Wildman–Crippen MR) is 82.0 cm³/mol. The van der Waals surface area contributed by atoms with Crippen molar-refractivity contribution in [2.45, 2.75) is 25.9 Å². The second kappa shape index (κ2) is 9.17. The molecule has 0 bridgehead atoms. The monoisotopic (exact) mass is 300 g/mol. The number of carbonyl (C=O) groups excluding carboxylic acids is 2. The van der Waals surface area contributed by atoms with Crippen molar-refractivity contribution in [3.8, 4) is 0 Å². The SMILES string of the molecule is CC(NC(=O)Nc1ccccc1)C(=O)N[C@@H](C)CN.Cl. The first kappa shape index (κ1) is 18.2. The molecule has 0 spiro atoms. The molecular weight excluding hydrogens is 280 g/mol. The van der Waals surface area contributed by atoms with E-state index in [-0.39, 0.29) is 24.4 Å². The molecule has 7 heteroatoms. The summed E-state index contributed by atoms with van der Waals surface area (Å²) in [7, 11) is 0. The lowest BCUT2D eigenvalue weighted by atomic mass is 10.2. The molecule has 0 radical (unpaired) electrons. The van der Waals surface area contributed by atoms with Crippen molar-refractivity contribution in [2.24, 2.45) is 5.73 Å². The minimum Gasteiger partial charge on any atom is -0.351 e. The van der Waals surface area contributed by atoms with Gasteiger partial charge in [-0.15, -0.1) is 12.4 Å². The number of rotatable bonds is 5. The van der Waals surface area contributed by atoms with Crippen molar-refractivity contribution < 1.29 is 9.59 Å². The molecule has 6 nitrogen and oxygen atoms in total. The normalized spacial score (nSPS) is 12.6. The van der Waals surface area contributed by atoms with E-state index in [0.717, 1.165) is 0 Å². The molecule has 0 fully saturated rings. The van der Waals surface area contributed by atoms with Crippen molar-refractivity contribution >= 4 is 30.0 Å². The standard InChI is InChI=1S/C13H20N4O2.ClH/c1-9(8-14)15-12(18)10(2)16-13(19)17-11-6-4-3-5-7-11;/h3-7,9-10H,8,14H2,1-2H3,(H,15,18)(H2,16,17,19);1H/t9-,10?;/m0./s1. The van der Waals surface area contributed by atoms with Crippen LogP contribution in [-0.4, -0.2) is 30.6 Å². The van der Waals surface area contributed by atoms with Gasteiger partial charge in [-0.3, -0.25) is 4.79 Å². The molecule has 1 aromatic rings. The third-order valence-electron chi connectivity index (χ3n) is 2.51. The van der Waals surface area contributed by atoms with E-state index in [4.69, 9.17) is 5.73 Å². The molecule has 20 heavy (non-hydrogen) atoms. The Balaban J connectivity index is 0.00000361. The molecule has 1 aromatic carbocycles. The highest BCUT2D eigenvalue weighted by Crippen LogP contribution is 2.04. The van der Waals surface area contributed by atoms with E-state index in [9.17, 15) is 9.59 Å². The number of hydrogen-bond donors (Lipinski definition) is 4. The summed E-state index contributed by atoms with van der Waals surface area (Å²) >= 11 is 0. The molecule has 1 unspecified atom stereocenters. The van der Waals surface area contributed by atoms with Crippen LogP contribution < -0.4 is 21.7 Å². The lowest BCUT2D eigenvalue weighted by Gasteiger charge is -2.17. The Morgan fingerprint density at radius 3 is 2.30 bits per heavy atom. The molecule has 0 aromatic heterocycles. The zero-order valence-electron chi connectivity index (χ0n) is 11.6. The zero-order valence-corrected chi connectivity index (χ0v) is 12.4. The highest BCUT2D eigenvalue weighted by molar-refractivity contribution is 5.93. The van der Waals surface area contributed by atoms with E-state index in [1.54, 1.807) is 26.0 Å². The Morgan fingerprint density at radius 1 is 1.15 bits per heavy atom. The smallest absolute Gasteiger partial charge is 0.319 e. The number of hydrogen-bond acceptors (Lipinski definition) is 3. The van der Waals surface area contributed by atoms with Gasteiger partial charge in [-0.05, 0) is 26.0 Å². The van der Waals surface area contributed by atoms with Gasteiger partial charge < -0.3 is 21.7 Å². The second-order valence-corrected chi connectivity index (χ2v) is 4.33. The third-order valence-corrected chi connectivity index (χ3v) is 2.51. The molecular formula is C13H21ClN4O2. The highest BCUT2D eigenvalue weighted by Gasteiger charge is 2.16. The van der Waals surface area contributed by atoms with Gasteiger partial charge in [0.2, 0.25) is 5.91 Å². The summed E-state index contributed by atoms with van der Waals surface area (Å²) < 4.78 is 0. The molecule has 0 aliphatic carbocycles. The Morgan fingerprint density at radius 2 is 1.75 bits per heavy atom. The third kappa shape index (κ3) is 6.40. The summed E-state index contributed by atoms with van der Waals surface area (Å²) in [5.74, 6) is -0.263. The lowest BCUT2D eigenvalue weighted by molar-refractivity contribution is -0.123. The number of carbonyl (C=O) groups is 2. The van der Waals surface area contributed by atoms with Gasteiger partial charge in [0, 0.05) is 18.3 Å². The van der Waals surface area contributed by atoms with Crippen LogP contribution in [0.1, 0.15) is 13.8 Å². The van der Waals surface area contributed by atoms with Gasteiger partial charge in [0.05, 0.1) is 0 Å². The fraction of sp³-hybridized carbons (Fsp3) is 0.385. The molecule has 0 heterocycles. The molecule has 112 valence electrons. The molecule has 1 rings (SSSR count). The maximum absolute atomic E-state index is 11.7.